The van der Waals surface area contributed by atoms with Gasteiger partial charge in [0, 0.05) is 60.0 Å². The van der Waals surface area contributed by atoms with E-state index in [0.717, 1.165) is 56.0 Å². The van der Waals surface area contributed by atoms with Crippen LogP contribution in [0.5, 0.6) is 11.5 Å². The Morgan fingerprint density at radius 2 is 0.831 bits per heavy atom. The Balaban J connectivity index is 0.848. The van der Waals surface area contributed by atoms with Crippen LogP contribution in [-0.2, 0) is 0 Å². The molecule has 1 aliphatic heterocycles. The fourth-order valence-corrected chi connectivity index (χ4v) is 11.0. The van der Waals surface area contributed by atoms with Crippen molar-refractivity contribution in [3.63, 3.8) is 0 Å². The summed E-state index contributed by atoms with van der Waals surface area (Å²) in [4.78, 5) is 0. The molecule has 4 aromatic heterocycles. The van der Waals surface area contributed by atoms with Crippen molar-refractivity contribution in [1.82, 2.24) is 13.7 Å². The molecule has 1 aliphatic rings. The molecule has 5 heterocycles. The van der Waals surface area contributed by atoms with E-state index in [2.05, 4.69) is 208 Å². The van der Waals surface area contributed by atoms with E-state index in [0.29, 0.717) is 0 Å². The minimum absolute atomic E-state index is 0.867. The smallest absolute Gasteiger partial charge is 0.152 e. The number of furan rings is 1. The van der Waals surface area contributed by atoms with Crippen molar-refractivity contribution in [2.24, 2.45) is 0 Å². The van der Waals surface area contributed by atoms with E-state index >= 15 is 0 Å². The normalized spacial score (nSPS) is 12.4. The van der Waals surface area contributed by atoms with Crippen LogP contribution in [-0.4, -0.2) is 13.7 Å². The maximum Gasteiger partial charge on any atom is 0.152 e. The molecule has 0 spiro atoms. The molecule has 15 rings (SSSR count). The van der Waals surface area contributed by atoms with Gasteiger partial charge in [-0.2, -0.15) is 0 Å². The summed E-state index contributed by atoms with van der Waals surface area (Å²) in [6.07, 6.45) is 0. The van der Waals surface area contributed by atoms with Gasteiger partial charge in [0.2, 0.25) is 0 Å². The Hall–Kier alpha value is -8.80. The highest BCUT2D eigenvalue weighted by Crippen LogP contribution is 2.48. The van der Waals surface area contributed by atoms with Gasteiger partial charge in [-0.3, -0.25) is 0 Å². The van der Waals surface area contributed by atoms with E-state index in [9.17, 15) is 0 Å². The molecule has 0 bridgehead atoms. The molecule has 0 radical (unpaired) electrons. The van der Waals surface area contributed by atoms with Crippen LogP contribution in [0.1, 0.15) is 0 Å². The zero-order valence-electron chi connectivity index (χ0n) is 34.9. The van der Waals surface area contributed by atoms with E-state index in [1.54, 1.807) is 0 Å². The summed E-state index contributed by atoms with van der Waals surface area (Å²) < 4.78 is 19.8. The minimum atomic E-state index is 0.867. The van der Waals surface area contributed by atoms with Crippen molar-refractivity contribution < 1.29 is 9.15 Å². The number of para-hydroxylation sites is 7. The molecular formula is C60H35N3O2. The summed E-state index contributed by atoms with van der Waals surface area (Å²) in [5, 5.41) is 9.58. The second-order valence-corrected chi connectivity index (χ2v) is 17.3. The van der Waals surface area contributed by atoms with Crippen LogP contribution in [0.25, 0.3) is 127 Å². The van der Waals surface area contributed by atoms with Crippen molar-refractivity contribution in [2.75, 3.05) is 0 Å². The molecule has 0 unspecified atom stereocenters. The maximum absolute atomic E-state index is 6.42. The number of fused-ring (bicyclic) bond motifs is 14. The Morgan fingerprint density at radius 1 is 0.292 bits per heavy atom. The average Bonchev–Trinajstić information content (AvgIpc) is 4.11. The first kappa shape index (κ1) is 34.7. The standard InChI is InChI=1S/C60H35N3O2/c1-4-17-50-42(11-1)47-33-37(38-26-31-53-48(34-38)43-12-2-5-18-51(43)62(53)40-29-32-56-49(35-40)44-13-3-7-20-55(44)64-56)25-30-52(47)61(50)39-27-23-36(24-28-39)41-14-9-15-45-46-16-10-22-58-60(46)63(59(41)45)54-19-6-8-21-57(54)65-58/h1-35H. The Morgan fingerprint density at radius 3 is 1.58 bits per heavy atom. The molecule has 0 N–H and O–H groups in total. The second-order valence-electron chi connectivity index (χ2n) is 17.3. The molecule has 0 saturated heterocycles. The predicted molar refractivity (Wildman–Crippen MR) is 268 cm³/mol. The molecular weight excluding hydrogens is 795 g/mol. The van der Waals surface area contributed by atoms with Crippen LogP contribution < -0.4 is 4.74 Å². The van der Waals surface area contributed by atoms with E-state index < -0.39 is 0 Å². The van der Waals surface area contributed by atoms with Gasteiger partial charge in [-0.05, 0) is 108 Å². The molecule has 5 nitrogen and oxygen atoms in total. The molecule has 0 atom stereocenters. The number of hydrogen-bond acceptors (Lipinski definition) is 2. The lowest BCUT2D eigenvalue weighted by atomic mass is 10.0. The lowest BCUT2D eigenvalue weighted by Crippen LogP contribution is -2.04. The van der Waals surface area contributed by atoms with Crippen molar-refractivity contribution in [1.29, 1.82) is 0 Å². The number of hydrogen-bond donors (Lipinski definition) is 0. The molecule has 65 heavy (non-hydrogen) atoms. The summed E-state index contributed by atoms with van der Waals surface area (Å²) >= 11 is 0. The Kier molecular flexibility index (Phi) is 6.89. The van der Waals surface area contributed by atoms with Gasteiger partial charge in [0.15, 0.2) is 11.5 Å². The summed E-state index contributed by atoms with van der Waals surface area (Å²) in [7, 11) is 0. The van der Waals surface area contributed by atoms with E-state index in [-0.39, 0.29) is 0 Å². The first-order valence-electron chi connectivity index (χ1n) is 22.2. The largest absolute Gasteiger partial charge is 0.456 e. The van der Waals surface area contributed by atoms with Crippen LogP contribution in [0, 0.1) is 0 Å². The van der Waals surface area contributed by atoms with Crippen molar-refractivity contribution >= 4 is 87.4 Å². The van der Waals surface area contributed by atoms with Crippen molar-refractivity contribution in [2.45, 2.75) is 0 Å². The molecule has 10 aromatic carbocycles. The third-order valence-electron chi connectivity index (χ3n) is 13.8. The summed E-state index contributed by atoms with van der Waals surface area (Å²) in [6, 6.07) is 76.7. The quantitative estimate of drug-likeness (QED) is 0.177. The monoisotopic (exact) mass is 829 g/mol. The first-order valence-corrected chi connectivity index (χ1v) is 22.2. The van der Waals surface area contributed by atoms with E-state index in [1.807, 2.05) is 18.2 Å². The topological polar surface area (TPSA) is 37.2 Å². The van der Waals surface area contributed by atoms with Crippen LogP contribution >= 0.6 is 0 Å². The maximum atomic E-state index is 6.42. The van der Waals surface area contributed by atoms with Gasteiger partial charge in [-0.25, -0.2) is 0 Å². The van der Waals surface area contributed by atoms with Crippen LogP contribution in [0.4, 0.5) is 0 Å². The number of aromatic nitrogens is 3. The highest BCUT2D eigenvalue weighted by molar-refractivity contribution is 6.17. The summed E-state index contributed by atoms with van der Waals surface area (Å²) in [5.41, 5.74) is 16.8. The SMILES string of the molecule is c1ccc2c(c1)Oc1cccc3c4cccc(-c5ccc(-n6c7ccccc7c7cc(-c8ccc9c(c8)c8ccccc8n9-c8ccc9oc%10ccccc%10c9c8)ccc76)cc5)c4n-2c13. The molecule has 0 saturated carbocycles. The lowest BCUT2D eigenvalue weighted by Gasteiger charge is -2.21. The second kappa shape index (κ2) is 12.9. The Labute approximate surface area is 371 Å². The van der Waals surface area contributed by atoms with E-state index in [4.69, 9.17) is 9.15 Å². The van der Waals surface area contributed by atoms with Gasteiger partial charge in [0.25, 0.3) is 0 Å². The van der Waals surface area contributed by atoms with Crippen LogP contribution in [0.2, 0.25) is 0 Å². The highest BCUT2D eigenvalue weighted by Gasteiger charge is 2.25. The third kappa shape index (κ3) is 4.81. The van der Waals surface area contributed by atoms with Gasteiger partial charge in [-0.1, -0.05) is 121 Å². The van der Waals surface area contributed by atoms with Gasteiger partial charge in [-0.15, -0.1) is 0 Å². The molecule has 14 aromatic rings. The molecule has 302 valence electrons. The molecule has 0 fully saturated rings. The average molecular weight is 830 g/mol. The number of ether oxygens (including phenoxy) is 1. The van der Waals surface area contributed by atoms with E-state index in [1.165, 1.54) is 82.2 Å². The molecule has 0 amide bonds. The van der Waals surface area contributed by atoms with Gasteiger partial charge < -0.3 is 22.9 Å². The van der Waals surface area contributed by atoms with Crippen molar-refractivity contribution in [3.05, 3.63) is 212 Å². The summed E-state index contributed by atoms with van der Waals surface area (Å²) in [6.45, 7) is 0. The molecule has 5 heteroatoms. The van der Waals surface area contributed by atoms with Gasteiger partial charge in [0.1, 0.15) is 11.2 Å². The summed E-state index contributed by atoms with van der Waals surface area (Å²) in [5.74, 6) is 1.75. The fourth-order valence-electron chi connectivity index (χ4n) is 11.0. The first-order chi connectivity index (χ1) is 32.2. The third-order valence-corrected chi connectivity index (χ3v) is 13.8. The zero-order chi connectivity index (χ0) is 42.3. The Bertz CT molecular complexity index is 4330. The minimum Gasteiger partial charge on any atom is -0.456 e. The fraction of sp³-hybridized carbons (Fsp3) is 0. The predicted octanol–water partition coefficient (Wildman–Crippen LogP) is 16.3. The van der Waals surface area contributed by atoms with Crippen LogP contribution in [0.3, 0.4) is 0 Å². The number of rotatable bonds is 4. The molecule has 0 aliphatic carbocycles. The highest BCUT2D eigenvalue weighted by atomic mass is 16.5. The van der Waals surface area contributed by atoms with Crippen LogP contribution in [0.15, 0.2) is 217 Å². The van der Waals surface area contributed by atoms with Gasteiger partial charge >= 0.3 is 0 Å². The number of nitrogens with zero attached hydrogens (tertiary/aromatic N) is 3. The van der Waals surface area contributed by atoms with Gasteiger partial charge in [0.05, 0.1) is 38.8 Å². The lowest BCUT2D eigenvalue weighted by molar-refractivity contribution is 0.476. The zero-order valence-corrected chi connectivity index (χ0v) is 34.9. The number of benzene rings is 10. The van der Waals surface area contributed by atoms with Crippen molar-refractivity contribution in [3.8, 4) is 50.8 Å².